The first-order valence-electron chi connectivity index (χ1n) is 5.75. The Balaban J connectivity index is 1.96. The van der Waals surface area contributed by atoms with E-state index in [1.165, 1.54) is 31.2 Å². The summed E-state index contributed by atoms with van der Waals surface area (Å²) in [6.07, 6.45) is 5.25. The maximum atomic E-state index is 5.47. The van der Waals surface area contributed by atoms with E-state index in [9.17, 15) is 0 Å². The summed E-state index contributed by atoms with van der Waals surface area (Å²) in [5.74, 6) is 0. The SMILES string of the molecule is CON(Cc1ccccc1)C1CCCC1. The fourth-order valence-electron chi connectivity index (χ4n) is 2.30. The van der Waals surface area contributed by atoms with E-state index >= 15 is 0 Å². The van der Waals surface area contributed by atoms with E-state index in [-0.39, 0.29) is 0 Å². The highest BCUT2D eigenvalue weighted by Gasteiger charge is 2.22. The molecule has 0 N–H and O–H groups in total. The van der Waals surface area contributed by atoms with Gasteiger partial charge in [0.1, 0.15) is 0 Å². The molecule has 2 rings (SSSR count). The molecular formula is C13H19NO. The average molecular weight is 205 g/mol. The zero-order valence-electron chi connectivity index (χ0n) is 9.36. The Labute approximate surface area is 91.8 Å². The van der Waals surface area contributed by atoms with E-state index in [1.54, 1.807) is 7.11 Å². The highest BCUT2D eigenvalue weighted by molar-refractivity contribution is 5.14. The van der Waals surface area contributed by atoms with Crippen molar-refractivity contribution in [1.29, 1.82) is 0 Å². The third-order valence-electron chi connectivity index (χ3n) is 3.15. The lowest BCUT2D eigenvalue weighted by Crippen LogP contribution is -2.31. The lowest BCUT2D eigenvalue weighted by Gasteiger charge is -2.26. The maximum Gasteiger partial charge on any atom is 0.0575 e. The van der Waals surface area contributed by atoms with Crippen molar-refractivity contribution in [3.05, 3.63) is 35.9 Å². The summed E-state index contributed by atoms with van der Waals surface area (Å²) in [5.41, 5.74) is 1.33. The summed E-state index contributed by atoms with van der Waals surface area (Å²) in [6.45, 7) is 0.905. The van der Waals surface area contributed by atoms with Gasteiger partial charge in [-0.1, -0.05) is 43.2 Å². The molecule has 1 aliphatic carbocycles. The molecule has 0 heterocycles. The largest absolute Gasteiger partial charge is 0.302 e. The minimum atomic E-state index is 0.621. The van der Waals surface area contributed by atoms with Crippen LogP contribution in [0.5, 0.6) is 0 Å². The van der Waals surface area contributed by atoms with Gasteiger partial charge in [-0.25, -0.2) is 0 Å². The molecule has 1 saturated carbocycles. The Hall–Kier alpha value is -0.860. The van der Waals surface area contributed by atoms with Crippen LogP contribution in [0.25, 0.3) is 0 Å². The van der Waals surface area contributed by atoms with Gasteiger partial charge in [0.2, 0.25) is 0 Å². The van der Waals surface area contributed by atoms with Gasteiger partial charge in [-0.3, -0.25) is 0 Å². The van der Waals surface area contributed by atoms with Gasteiger partial charge in [0.15, 0.2) is 0 Å². The number of rotatable bonds is 4. The van der Waals surface area contributed by atoms with Crippen LogP contribution in [-0.4, -0.2) is 18.2 Å². The molecule has 82 valence electrons. The van der Waals surface area contributed by atoms with Crippen LogP contribution in [0, 0.1) is 0 Å². The van der Waals surface area contributed by atoms with Crippen LogP contribution >= 0.6 is 0 Å². The molecule has 0 unspecified atom stereocenters. The zero-order chi connectivity index (χ0) is 10.5. The van der Waals surface area contributed by atoms with Crippen molar-refractivity contribution in [2.75, 3.05) is 7.11 Å². The third-order valence-corrected chi connectivity index (χ3v) is 3.15. The fourth-order valence-corrected chi connectivity index (χ4v) is 2.30. The normalized spacial score (nSPS) is 17.5. The first-order valence-corrected chi connectivity index (χ1v) is 5.75. The monoisotopic (exact) mass is 205 g/mol. The van der Waals surface area contributed by atoms with Crippen molar-refractivity contribution in [1.82, 2.24) is 5.06 Å². The van der Waals surface area contributed by atoms with Crippen LogP contribution in [0.1, 0.15) is 31.2 Å². The third kappa shape index (κ3) is 2.80. The van der Waals surface area contributed by atoms with Crippen LogP contribution in [0.15, 0.2) is 30.3 Å². The van der Waals surface area contributed by atoms with E-state index in [2.05, 4.69) is 35.4 Å². The molecule has 0 aliphatic heterocycles. The molecule has 0 atom stereocenters. The summed E-state index contributed by atoms with van der Waals surface area (Å²) in [5, 5.41) is 2.13. The van der Waals surface area contributed by atoms with Gasteiger partial charge in [0.25, 0.3) is 0 Å². The van der Waals surface area contributed by atoms with E-state index in [0.717, 1.165) is 6.54 Å². The second-order valence-corrected chi connectivity index (χ2v) is 4.18. The van der Waals surface area contributed by atoms with E-state index in [0.29, 0.717) is 6.04 Å². The predicted molar refractivity (Wildman–Crippen MR) is 61.3 cm³/mol. The van der Waals surface area contributed by atoms with Crippen molar-refractivity contribution >= 4 is 0 Å². The second-order valence-electron chi connectivity index (χ2n) is 4.18. The van der Waals surface area contributed by atoms with Crippen molar-refractivity contribution < 1.29 is 4.84 Å². The van der Waals surface area contributed by atoms with E-state index in [4.69, 9.17) is 4.84 Å². The lowest BCUT2D eigenvalue weighted by atomic mass is 10.2. The highest BCUT2D eigenvalue weighted by atomic mass is 16.7. The summed E-state index contributed by atoms with van der Waals surface area (Å²) in [4.78, 5) is 5.47. The summed E-state index contributed by atoms with van der Waals surface area (Å²) in [7, 11) is 1.78. The van der Waals surface area contributed by atoms with Crippen molar-refractivity contribution in [2.24, 2.45) is 0 Å². The van der Waals surface area contributed by atoms with Crippen molar-refractivity contribution in [3.63, 3.8) is 0 Å². The van der Waals surface area contributed by atoms with Crippen molar-refractivity contribution in [3.8, 4) is 0 Å². The molecule has 15 heavy (non-hydrogen) atoms. The van der Waals surface area contributed by atoms with Gasteiger partial charge in [-0.05, 0) is 18.4 Å². The topological polar surface area (TPSA) is 12.5 Å². The quantitative estimate of drug-likeness (QED) is 0.701. The molecule has 1 aromatic carbocycles. The van der Waals surface area contributed by atoms with Gasteiger partial charge in [0.05, 0.1) is 7.11 Å². The van der Waals surface area contributed by atoms with Crippen LogP contribution in [-0.2, 0) is 11.4 Å². The Morgan fingerprint density at radius 3 is 2.47 bits per heavy atom. The Morgan fingerprint density at radius 2 is 1.87 bits per heavy atom. The van der Waals surface area contributed by atoms with Gasteiger partial charge in [0, 0.05) is 12.6 Å². The Kier molecular flexibility index (Phi) is 3.75. The molecule has 1 fully saturated rings. The first-order chi connectivity index (χ1) is 7.40. The second kappa shape index (κ2) is 5.29. The number of hydroxylamine groups is 2. The molecule has 0 aromatic heterocycles. The van der Waals surface area contributed by atoms with Crippen LogP contribution in [0.2, 0.25) is 0 Å². The standard InChI is InChI=1S/C13H19NO/c1-15-14(13-9-5-6-10-13)11-12-7-3-2-4-8-12/h2-4,7-8,13H,5-6,9-11H2,1H3. The molecule has 2 heteroatoms. The molecule has 0 radical (unpaired) electrons. The van der Waals surface area contributed by atoms with Gasteiger partial charge in [-0.15, -0.1) is 0 Å². The number of hydrogen-bond acceptors (Lipinski definition) is 2. The van der Waals surface area contributed by atoms with Crippen molar-refractivity contribution in [2.45, 2.75) is 38.3 Å². The lowest BCUT2D eigenvalue weighted by molar-refractivity contribution is -0.167. The minimum absolute atomic E-state index is 0.621. The number of benzene rings is 1. The summed E-state index contributed by atoms with van der Waals surface area (Å²) in [6, 6.07) is 11.1. The molecule has 1 aromatic rings. The molecular weight excluding hydrogens is 186 g/mol. The van der Waals surface area contributed by atoms with Crippen LogP contribution in [0.4, 0.5) is 0 Å². The molecule has 2 nitrogen and oxygen atoms in total. The van der Waals surface area contributed by atoms with Crippen LogP contribution < -0.4 is 0 Å². The molecule has 0 bridgehead atoms. The molecule has 0 amide bonds. The Bertz CT molecular complexity index is 280. The average Bonchev–Trinajstić information content (AvgIpc) is 2.81. The highest BCUT2D eigenvalue weighted by Crippen LogP contribution is 2.24. The fraction of sp³-hybridized carbons (Fsp3) is 0.538. The predicted octanol–water partition coefficient (Wildman–Crippen LogP) is 2.99. The molecule has 1 aliphatic rings. The summed E-state index contributed by atoms with van der Waals surface area (Å²) < 4.78 is 0. The van der Waals surface area contributed by atoms with Crippen LogP contribution in [0.3, 0.4) is 0 Å². The smallest absolute Gasteiger partial charge is 0.0575 e. The van der Waals surface area contributed by atoms with Gasteiger partial charge < -0.3 is 4.84 Å². The van der Waals surface area contributed by atoms with Gasteiger partial charge >= 0.3 is 0 Å². The summed E-state index contributed by atoms with van der Waals surface area (Å²) >= 11 is 0. The number of hydrogen-bond donors (Lipinski definition) is 0. The minimum Gasteiger partial charge on any atom is -0.302 e. The first kappa shape index (κ1) is 10.7. The number of nitrogens with zero attached hydrogens (tertiary/aromatic N) is 1. The zero-order valence-corrected chi connectivity index (χ0v) is 9.36. The maximum absolute atomic E-state index is 5.47. The van der Waals surface area contributed by atoms with E-state index < -0.39 is 0 Å². The van der Waals surface area contributed by atoms with E-state index in [1.807, 2.05) is 0 Å². The van der Waals surface area contributed by atoms with Gasteiger partial charge in [-0.2, -0.15) is 5.06 Å². The molecule has 0 saturated heterocycles. The Morgan fingerprint density at radius 1 is 1.20 bits per heavy atom. The molecule has 0 spiro atoms.